The molecule has 0 spiro atoms. The Morgan fingerprint density at radius 2 is 1.54 bits per heavy atom. The van der Waals surface area contributed by atoms with Gasteiger partial charge in [0.2, 0.25) is 0 Å². The molecule has 6 rings (SSSR count). The van der Waals surface area contributed by atoms with Crippen LogP contribution in [0.1, 0.15) is 11.3 Å². The summed E-state index contributed by atoms with van der Waals surface area (Å²) in [4.78, 5) is 3.72. The van der Waals surface area contributed by atoms with Crippen molar-refractivity contribution in [2.24, 2.45) is 0 Å². The SMILES string of the molecule is c1ccc(-n2ccc3c2CCc2c-3[nH]c3cc4ccccc4cc23)cc1. The molecule has 0 amide bonds. The quantitative estimate of drug-likeness (QED) is 0.395. The highest BCUT2D eigenvalue weighted by Gasteiger charge is 2.23. The van der Waals surface area contributed by atoms with Crippen molar-refractivity contribution in [3.8, 4) is 16.9 Å². The first-order valence-electron chi connectivity index (χ1n) is 9.18. The largest absolute Gasteiger partial charge is 0.354 e. The summed E-state index contributed by atoms with van der Waals surface area (Å²) < 4.78 is 2.33. The highest BCUT2D eigenvalue weighted by molar-refractivity contribution is 6.01. The number of H-pyrrole nitrogens is 1. The molecular formula is C24H18N2. The van der Waals surface area contributed by atoms with Crippen LogP contribution in [0.25, 0.3) is 38.6 Å². The molecule has 0 saturated carbocycles. The number of aromatic amines is 1. The summed E-state index contributed by atoms with van der Waals surface area (Å²) in [5.74, 6) is 0. The average Bonchev–Trinajstić information content (AvgIpc) is 3.28. The molecule has 0 unspecified atom stereocenters. The fourth-order valence-corrected chi connectivity index (χ4v) is 4.45. The highest BCUT2D eigenvalue weighted by atomic mass is 15.0. The van der Waals surface area contributed by atoms with Gasteiger partial charge in [0.05, 0.1) is 5.69 Å². The van der Waals surface area contributed by atoms with E-state index in [2.05, 4.69) is 88.5 Å². The summed E-state index contributed by atoms with van der Waals surface area (Å²) in [5, 5.41) is 3.98. The van der Waals surface area contributed by atoms with Crippen LogP contribution < -0.4 is 0 Å². The van der Waals surface area contributed by atoms with Gasteiger partial charge in [-0.15, -0.1) is 0 Å². The van der Waals surface area contributed by atoms with Gasteiger partial charge in [0.1, 0.15) is 0 Å². The second-order valence-corrected chi connectivity index (χ2v) is 7.11. The van der Waals surface area contributed by atoms with Gasteiger partial charge >= 0.3 is 0 Å². The summed E-state index contributed by atoms with van der Waals surface area (Å²) in [6, 6.07) is 26.1. The number of hydrogen-bond donors (Lipinski definition) is 1. The van der Waals surface area contributed by atoms with Crippen LogP contribution in [-0.4, -0.2) is 9.55 Å². The van der Waals surface area contributed by atoms with Crippen LogP contribution in [0, 0.1) is 0 Å². The van der Waals surface area contributed by atoms with Gasteiger partial charge in [-0.2, -0.15) is 0 Å². The molecule has 0 bridgehead atoms. The molecule has 2 nitrogen and oxygen atoms in total. The van der Waals surface area contributed by atoms with Crippen molar-refractivity contribution < 1.29 is 0 Å². The molecule has 0 fully saturated rings. The second kappa shape index (κ2) is 5.12. The van der Waals surface area contributed by atoms with Gasteiger partial charge in [-0.3, -0.25) is 0 Å². The van der Waals surface area contributed by atoms with Crippen molar-refractivity contribution in [3.05, 3.63) is 90.3 Å². The summed E-state index contributed by atoms with van der Waals surface area (Å²) in [7, 11) is 0. The topological polar surface area (TPSA) is 20.7 Å². The minimum Gasteiger partial charge on any atom is -0.354 e. The van der Waals surface area contributed by atoms with Gasteiger partial charge in [0, 0.05) is 34.0 Å². The molecule has 2 heteroatoms. The monoisotopic (exact) mass is 334 g/mol. The maximum Gasteiger partial charge on any atom is 0.0515 e. The average molecular weight is 334 g/mol. The molecule has 3 aromatic carbocycles. The molecule has 0 aliphatic heterocycles. The number of fused-ring (bicyclic) bond motifs is 6. The maximum absolute atomic E-state index is 3.72. The lowest BCUT2D eigenvalue weighted by molar-refractivity contribution is 0.857. The number of aromatic nitrogens is 2. The summed E-state index contributed by atoms with van der Waals surface area (Å²) in [6.45, 7) is 0. The van der Waals surface area contributed by atoms with E-state index in [4.69, 9.17) is 0 Å². The number of hydrogen-bond acceptors (Lipinski definition) is 0. The standard InChI is InChI=1S/C24H18N2/c1-2-8-18(9-3-1)26-13-12-20-23(26)11-10-19-21-14-16-6-4-5-7-17(16)15-22(21)25-24(19)20/h1-9,12-15,25H,10-11H2. The second-order valence-electron chi connectivity index (χ2n) is 7.11. The Hall–Kier alpha value is -3.26. The summed E-state index contributed by atoms with van der Waals surface area (Å²) in [5.41, 5.74) is 7.98. The fourth-order valence-electron chi connectivity index (χ4n) is 4.45. The molecule has 26 heavy (non-hydrogen) atoms. The van der Waals surface area contributed by atoms with Crippen LogP contribution in [0.5, 0.6) is 0 Å². The lowest BCUT2D eigenvalue weighted by Gasteiger charge is -2.17. The molecule has 2 heterocycles. The predicted octanol–water partition coefficient (Wildman–Crippen LogP) is 5.88. The molecule has 0 saturated heterocycles. The van der Waals surface area contributed by atoms with E-state index in [0.717, 1.165) is 12.8 Å². The minimum absolute atomic E-state index is 1.07. The number of nitrogens with one attached hydrogen (secondary N) is 1. The zero-order valence-corrected chi connectivity index (χ0v) is 14.4. The van der Waals surface area contributed by atoms with Crippen molar-refractivity contribution in [2.75, 3.05) is 0 Å². The van der Waals surface area contributed by atoms with E-state index >= 15 is 0 Å². The Labute approximate surface area is 151 Å². The molecule has 2 aromatic heterocycles. The zero-order valence-electron chi connectivity index (χ0n) is 14.4. The van der Waals surface area contributed by atoms with Crippen molar-refractivity contribution in [2.45, 2.75) is 12.8 Å². The Bertz CT molecular complexity index is 1270. The number of benzene rings is 3. The molecule has 0 atom stereocenters. The van der Waals surface area contributed by atoms with Crippen LogP contribution >= 0.6 is 0 Å². The minimum atomic E-state index is 1.07. The number of aryl methyl sites for hydroxylation is 1. The summed E-state index contributed by atoms with van der Waals surface area (Å²) in [6.07, 6.45) is 4.36. The third-order valence-corrected chi connectivity index (χ3v) is 5.68. The van der Waals surface area contributed by atoms with Crippen molar-refractivity contribution >= 4 is 21.7 Å². The third-order valence-electron chi connectivity index (χ3n) is 5.68. The third kappa shape index (κ3) is 1.87. The van der Waals surface area contributed by atoms with Crippen LogP contribution in [0.4, 0.5) is 0 Å². The van der Waals surface area contributed by atoms with Crippen molar-refractivity contribution in [1.82, 2.24) is 9.55 Å². The lowest BCUT2D eigenvalue weighted by atomic mass is 9.93. The van der Waals surface area contributed by atoms with Crippen molar-refractivity contribution in [1.29, 1.82) is 0 Å². The molecule has 124 valence electrons. The molecule has 1 N–H and O–H groups in total. The molecule has 1 aliphatic carbocycles. The van der Waals surface area contributed by atoms with Gasteiger partial charge in [0.15, 0.2) is 0 Å². The Morgan fingerprint density at radius 1 is 0.769 bits per heavy atom. The van der Waals surface area contributed by atoms with Gasteiger partial charge in [-0.1, -0.05) is 42.5 Å². The first-order chi connectivity index (χ1) is 12.9. The predicted molar refractivity (Wildman–Crippen MR) is 108 cm³/mol. The number of para-hydroxylation sites is 1. The Balaban J connectivity index is 1.59. The van der Waals surface area contributed by atoms with Crippen LogP contribution in [-0.2, 0) is 12.8 Å². The molecule has 5 aromatic rings. The first-order valence-corrected chi connectivity index (χ1v) is 9.18. The Morgan fingerprint density at radius 3 is 2.38 bits per heavy atom. The first kappa shape index (κ1) is 14.0. The lowest BCUT2D eigenvalue weighted by Crippen LogP contribution is -2.07. The van der Waals surface area contributed by atoms with E-state index in [-0.39, 0.29) is 0 Å². The van der Waals surface area contributed by atoms with E-state index in [9.17, 15) is 0 Å². The fraction of sp³-hybridized carbons (Fsp3) is 0.0833. The maximum atomic E-state index is 3.72. The van der Waals surface area contributed by atoms with Crippen LogP contribution in [0.3, 0.4) is 0 Å². The normalized spacial score (nSPS) is 13.1. The van der Waals surface area contributed by atoms with Gasteiger partial charge in [0.25, 0.3) is 0 Å². The van der Waals surface area contributed by atoms with Crippen molar-refractivity contribution in [3.63, 3.8) is 0 Å². The summed E-state index contributed by atoms with van der Waals surface area (Å²) >= 11 is 0. The zero-order chi connectivity index (χ0) is 17.1. The molecule has 0 radical (unpaired) electrons. The molecular weight excluding hydrogens is 316 g/mol. The van der Waals surface area contributed by atoms with Gasteiger partial charge in [-0.25, -0.2) is 0 Å². The van der Waals surface area contributed by atoms with E-state index < -0.39 is 0 Å². The smallest absolute Gasteiger partial charge is 0.0515 e. The highest BCUT2D eigenvalue weighted by Crippen LogP contribution is 2.40. The molecule has 1 aliphatic rings. The van der Waals surface area contributed by atoms with E-state index in [1.807, 2.05) is 0 Å². The van der Waals surface area contributed by atoms with Crippen LogP contribution in [0.15, 0.2) is 79.0 Å². The van der Waals surface area contributed by atoms with Gasteiger partial charge < -0.3 is 9.55 Å². The van der Waals surface area contributed by atoms with E-state index in [1.54, 1.807) is 0 Å². The van der Waals surface area contributed by atoms with E-state index in [0.29, 0.717) is 0 Å². The number of nitrogens with zero attached hydrogens (tertiary/aromatic N) is 1. The Kier molecular flexibility index (Phi) is 2.75. The van der Waals surface area contributed by atoms with Crippen LogP contribution in [0.2, 0.25) is 0 Å². The van der Waals surface area contributed by atoms with E-state index in [1.165, 1.54) is 49.9 Å². The van der Waals surface area contributed by atoms with Gasteiger partial charge in [-0.05, 0) is 59.5 Å². The number of rotatable bonds is 1.